The first-order valence-electron chi connectivity index (χ1n) is 4.82. The van der Waals surface area contributed by atoms with Crippen molar-refractivity contribution in [1.82, 2.24) is 10.2 Å². The van der Waals surface area contributed by atoms with Crippen molar-refractivity contribution in [2.45, 2.75) is 19.2 Å². The van der Waals surface area contributed by atoms with E-state index in [1.165, 1.54) is 6.07 Å². The van der Waals surface area contributed by atoms with Crippen molar-refractivity contribution in [3.05, 3.63) is 35.5 Å². The summed E-state index contributed by atoms with van der Waals surface area (Å²) in [7, 11) is 0. The Hall–Kier alpha value is -1.42. The Kier molecular flexibility index (Phi) is 2.92. The minimum atomic E-state index is -0.386. The van der Waals surface area contributed by atoms with Crippen LogP contribution in [0.15, 0.2) is 22.6 Å². The Balaban J connectivity index is 2.46. The number of hydrogen-bond acceptors (Lipinski definition) is 3. The molecule has 0 fully saturated rings. The van der Waals surface area contributed by atoms with Gasteiger partial charge in [-0.2, -0.15) is 0 Å². The first kappa shape index (κ1) is 11.1. The summed E-state index contributed by atoms with van der Waals surface area (Å²) in [6, 6.07) is 4.71. The smallest absolute Gasteiger partial charge is 0.250 e. The normalized spacial score (nSPS) is 12.8. The molecule has 0 aliphatic heterocycles. The first-order chi connectivity index (χ1) is 7.58. The molecule has 5 heteroatoms. The quantitative estimate of drug-likeness (QED) is 0.755. The van der Waals surface area contributed by atoms with E-state index in [4.69, 9.17) is 16.0 Å². The summed E-state index contributed by atoms with van der Waals surface area (Å²) in [6.45, 7) is 3.58. The van der Waals surface area contributed by atoms with E-state index >= 15 is 0 Å². The summed E-state index contributed by atoms with van der Waals surface area (Å²) in [6.07, 6.45) is 0. The van der Waals surface area contributed by atoms with E-state index in [9.17, 15) is 4.39 Å². The molecule has 1 heterocycles. The fourth-order valence-corrected chi connectivity index (χ4v) is 1.40. The molecule has 3 nitrogen and oxygen atoms in total. The van der Waals surface area contributed by atoms with E-state index in [2.05, 4.69) is 10.2 Å². The number of hydrogen-bond donors (Lipinski definition) is 0. The maximum absolute atomic E-state index is 13.5. The summed E-state index contributed by atoms with van der Waals surface area (Å²) < 4.78 is 18.8. The Morgan fingerprint density at radius 1 is 1.38 bits per heavy atom. The molecule has 0 spiro atoms. The Morgan fingerprint density at radius 2 is 2.12 bits per heavy atom. The second-order valence-corrected chi connectivity index (χ2v) is 4.20. The van der Waals surface area contributed by atoms with Crippen molar-refractivity contribution in [2.75, 3.05) is 0 Å². The van der Waals surface area contributed by atoms with Crippen molar-refractivity contribution in [3.63, 3.8) is 0 Å². The van der Waals surface area contributed by atoms with Gasteiger partial charge in [0.05, 0.1) is 5.56 Å². The summed E-state index contributed by atoms with van der Waals surface area (Å²) in [5.41, 5.74) is 1.23. The van der Waals surface area contributed by atoms with Crippen LogP contribution in [0.25, 0.3) is 11.5 Å². The van der Waals surface area contributed by atoms with Crippen LogP contribution in [0.3, 0.4) is 0 Å². The largest absolute Gasteiger partial charge is 0.419 e. The number of halogens is 2. The molecule has 0 bridgehead atoms. The van der Waals surface area contributed by atoms with Gasteiger partial charge in [-0.1, -0.05) is 11.6 Å². The third-order valence-corrected chi connectivity index (χ3v) is 2.32. The molecular weight excluding hydrogens is 231 g/mol. The van der Waals surface area contributed by atoms with Gasteiger partial charge < -0.3 is 4.42 Å². The molecule has 0 saturated heterocycles. The van der Waals surface area contributed by atoms with Crippen LogP contribution >= 0.6 is 11.6 Å². The van der Waals surface area contributed by atoms with E-state index < -0.39 is 0 Å². The van der Waals surface area contributed by atoms with Crippen molar-refractivity contribution in [2.24, 2.45) is 0 Å². The SMILES string of the molecule is Cc1ccc(F)c(-c2nnc(C(C)Cl)o2)c1. The second kappa shape index (κ2) is 4.22. The molecule has 0 saturated carbocycles. The van der Waals surface area contributed by atoms with Gasteiger partial charge in [0.1, 0.15) is 11.2 Å². The number of aromatic nitrogens is 2. The lowest BCUT2D eigenvalue weighted by Gasteiger charge is -1.99. The molecule has 2 aromatic rings. The third kappa shape index (κ3) is 2.07. The molecule has 0 amide bonds. The molecule has 2 rings (SSSR count). The van der Waals surface area contributed by atoms with Crippen molar-refractivity contribution in [3.8, 4) is 11.5 Å². The van der Waals surface area contributed by atoms with Crippen LogP contribution in [0.2, 0.25) is 0 Å². The molecular formula is C11H10ClFN2O. The molecule has 0 radical (unpaired) electrons. The van der Waals surface area contributed by atoms with Crippen LogP contribution in [0.5, 0.6) is 0 Å². The molecule has 16 heavy (non-hydrogen) atoms. The topological polar surface area (TPSA) is 38.9 Å². The van der Waals surface area contributed by atoms with Crippen LogP contribution in [0.1, 0.15) is 23.8 Å². The van der Waals surface area contributed by atoms with E-state index in [0.717, 1.165) is 5.56 Å². The summed E-state index contributed by atoms with van der Waals surface area (Å²) in [4.78, 5) is 0. The fraction of sp³-hybridized carbons (Fsp3) is 0.273. The van der Waals surface area contributed by atoms with E-state index in [-0.39, 0.29) is 23.0 Å². The Labute approximate surface area is 97.3 Å². The lowest BCUT2D eigenvalue weighted by atomic mass is 10.1. The first-order valence-corrected chi connectivity index (χ1v) is 5.25. The number of aryl methyl sites for hydroxylation is 1. The highest BCUT2D eigenvalue weighted by molar-refractivity contribution is 6.20. The zero-order valence-electron chi connectivity index (χ0n) is 8.87. The van der Waals surface area contributed by atoms with Crippen LogP contribution in [-0.2, 0) is 0 Å². The lowest BCUT2D eigenvalue weighted by Crippen LogP contribution is -1.85. The molecule has 1 aromatic heterocycles. The predicted octanol–water partition coefficient (Wildman–Crippen LogP) is 3.48. The zero-order valence-corrected chi connectivity index (χ0v) is 9.62. The van der Waals surface area contributed by atoms with Crippen LogP contribution in [0.4, 0.5) is 4.39 Å². The monoisotopic (exact) mass is 240 g/mol. The number of benzene rings is 1. The number of alkyl halides is 1. The molecule has 1 atom stereocenters. The third-order valence-electron chi connectivity index (χ3n) is 2.13. The molecule has 1 unspecified atom stereocenters. The number of nitrogens with zero attached hydrogens (tertiary/aromatic N) is 2. The van der Waals surface area contributed by atoms with Gasteiger partial charge in [0.2, 0.25) is 5.89 Å². The Bertz CT molecular complexity index is 510. The van der Waals surface area contributed by atoms with Gasteiger partial charge in [0.15, 0.2) is 0 Å². The summed E-state index contributed by atoms with van der Waals surface area (Å²) in [5, 5.41) is 7.14. The van der Waals surface area contributed by atoms with Crippen LogP contribution in [0, 0.1) is 12.7 Å². The maximum Gasteiger partial charge on any atom is 0.250 e. The molecule has 0 aliphatic carbocycles. The standard InChI is InChI=1S/C11H10ClFN2O/c1-6-3-4-9(13)8(5-6)11-15-14-10(16-11)7(2)12/h3-5,7H,1-2H3. The zero-order chi connectivity index (χ0) is 11.7. The van der Waals surface area contributed by atoms with E-state index in [1.54, 1.807) is 19.1 Å². The molecule has 84 valence electrons. The summed E-state index contributed by atoms with van der Waals surface area (Å²) in [5.74, 6) is 0.0595. The summed E-state index contributed by atoms with van der Waals surface area (Å²) >= 11 is 5.79. The van der Waals surface area contributed by atoms with Gasteiger partial charge >= 0.3 is 0 Å². The highest BCUT2D eigenvalue weighted by Crippen LogP contribution is 2.26. The maximum atomic E-state index is 13.5. The van der Waals surface area contributed by atoms with Crippen molar-refractivity contribution < 1.29 is 8.81 Å². The van der Waals surface area contributed by atoms with Crippen LogP contribution in [-0.4, -0.2) is 10.2 Å². The van der Waals surface area contributed by atoms with Gasteiger partial charge in [0, 0.05) is 0 Å². The average molecular weight is 241 g/mol. The second-order valence-electron chi connectivity index (χ2n) is 3.54. The predicted molar refractivity (Wildman–Crippen MR) is 58.7 cm³/mol. The van der Waals surface area contributed by atoms with E-state index in [1.807, 2.05) is 6.92 Å². The van der Waals surface area contributed by atoms with Gasteiger partial charge in [0.25, 0.3) is 5.89 Å². The van der Waals surface area contributed by atoms with E-state index in [0.29, 0.717) is 5.56 Å². The molecule has 0 N–H and O–H groups in total. The minimum absolute atomic E-state index is 0.156. The van der Waals surface area contributed by atoms with Gasteiger partial charge in [-0.3, -0.25) is 0 Å². The number of rotatable bonds is 2. The van der Waals surface area contributed by atoms with Crippen LogP contribution < -0.4 is 0 Å². The minimum Gasteiger partial charge on any atom is -0.419 e. The molecule has 1 aromatic carbocycles. The average Bonchev–Trinajstić information content (AvgIpc) is 2.70. The van der Waals surface area contributed by atoms with Gasteiger partial charge in [-0.15, -0.1) is 21.8 Å². The highest BCUT2D eigenvalue weighted by atomic mass is 35.5. The molecule has 0 aliphatic rings. The van der Waals surface area contributed by atoms with Gasteiger partial charge in [-0.25, -0.2) is 4.39 Å². The van der Waals surface area contributed by atoms with Gasteiger partial charge in [-0.05, 0) is 26.0 Å². The lowest BCUT2D eigenvalue weighted by molar-refractivity contribution is 0.502. The van der Waals surface area contributed by atoms with Crippen molar-refractivity contribution in [1.29, 1.82) is 0 Å². The Morgan fingerprint density at radius 3 is 2.75 bits per heavy atom. The van der Waals surface area contributed by atoms with Crippen molar-refractivity contribution >= 4 is 11.6 Å². The fourth-order valence-electron chi connectivity index (χ4n) is 1.31. The highest BCUT2D eigenvalue weighted by Gasteiger charge is 2.15.